The normalized spacial score (nSPS) is 14.8. The third kappa shape index (κ3) is 3.30. The monoisotopic (exact) mass is 368 g/mol. The summed E-state index contributed by atoms with van der Waals surface area (Å²) < 4.78 is 34.0. The van der Waals surface area contributed by atoms with Gasteiger partial charge in [0.2, 0.25) is 10.0 Å². The van der Waals surface area contributed by atoms with E-state index >= 15 is 0 Å². The van der Waals surface area contributed by atoms with Gasteiger partial charge in [-0.25, -0.2) is 13.1 Å². The average Bonchev–Trinajstić information content (AvgIpc) is 3.08. The van der Waals surface area contributed by atoms with Gasteiger partial charge in [-0.2, -0.15) is 0 Å². The lowest BCUT2D eigenvalue weighted by Gasteiger charge is -2.15. The Morgan fingerprint density at radius 1 is 1.19 bits per heavy atom. The highest BCUT2D eigenvalue weighted by atomic mass is 32.2. The number of para-hydroxylation sites is 1. The molecular formula is C20H20N2O3S. The number of benzene rings is 2. The van der Waals surface area contributed by atoms with E-state index < -0.39 is 10.0 Å². The lowest BCUT2D eigenvalue weighted by atomic mass is 10.0. The van der Waals surface area contributed by atoms with Crippen molar-refractivity contribution in [1.82, 2.24) is 9.71 Å². The molecule has 1 aliphatic rings. The molecule has 2 aromatic carbocycles. The van der Waals surface area contributed by atoms with Gasteiger partial charge in [-0.15, -0.1) is 0 Å². The molecule has 1 N–H and O–H groups in total. The molecule has 6 heteroatoms. The lowest BCUT2D eigenvalue weighted by Crippen LogP contribution is -2.34. The minimum absolute atomic E-state index is 0.213. The van der Waals surface area contributed by atoms with Crippen LogP contribution in [-0.2, 0) is 22.9 Å². The van der Waals surface area contributed by atoms with Crippen LogP contribution in [0.4, 0.5) is 0 Å². The molecule has 1 unspecified atom stereocenters. The van der Waals surface area contributed by atoms with Crippen LogP contribution in [0.1, 0.15) is 18.1 Å². The van der Waals surface area contributed by atoms with Crippen LogP contribution in [0.15, 0.2) is 59.6 Å². The van der Waals surface area contributed by atoms with E-state index in [2.05, 4.69) is 15.8 Å². The van der Waals surface area contributed by atoms with Crippen LogP contribution in [-0.4, -0.2) is 26.1 Å². The molecule has 0 radical (unpaired) electrons. The van der Waals surface area contributed by atoms with Crippen molar-refractivity contribution in [3.63, 3.8) is 0 Å². The van der Waals surface area contributed by atoms with Crippen LogP contribution < -0.4 is 9.46 Å². The Balaban J connectivity index is 1.55. The predicted molar refractivity (Wildman–Crippen MR) is 101 cm³/mol. The van der Waals surface area contributed by atoms with E-state index in [1.54, 1.807) is 24.4 Å². The standard InChI is InChI=1S/C20H20N2O3S/c1-14(12-15-7-8-18-17(13-15)9-11-25-18)22-26(23,24)19-6-2-4-16-5-3-10-21-20(16)19/h2-8,10,13-14,22H,9,11-12H2,1H3. The molecule has 0 spiro atoms. The average molecular weight is 368 g/mol. The molecule has 0 amide bonds. The molecule has 1 aliphatic heterocycles. The summed E-state index contributed by atoms with van der Waals surface area (Å²) in [6.45, 7) is 2.59. The zero-order chi connectivity index (χ0) is 18.1. The van der Waals surface area contributed by atoms with E-state index in [0.717, 1.165) is 29.7 Å². The summed E-state index contributed by atoms with van der Waals surface area (Å²) in [5.74, 6) is 0.934. The molecule has 0 saturated heterocycles. The van der Waals surface area contributed by atoms with E-state index in [-0.39, 0.29) is 10.9 Å². The Kier molecular flexibility index (Phi) is 4.38. The van der Waals surface area contributed by atoms with Crippen LogP contribution >= 0.6 is 0 Å². The summed E-state index contributed by atoms with van der Waals surface area (Å²) in [6.07, 6.45) is 3.13. The van der Waals surface area contributed by atoms with Crippen LogP contribution in [0, 0.1) is 0 Å². The number of rotatable bonds is 5. The van der Waals surface area contributed by atoms with Gasteiger partial charge in [0.25, 0.3) is 0 Å². The first-order valence-corrected chi connectivity index (χ1v) is 10.1. The highest BCUT2D eigenvalue weighted by Gasteiger charge is 2.21. The van der Waals surface area contributed by atoms with Crippen molar-refractivity contribution in [3.8, 4) is 5.75 Å². The predicted octanol–water partition coefficient (Wildman–Crippen LogP) is 3.08. The minimum Gasteiger partial charge on any atom is -0.493 e. The number of pyridine rings is 1. The van der Waals surface area contributed by atoms with Gasteiger partial charge in [-0.05, 0) is 42.7 Å². The maximum atomic E-state index is 12.9. The molecule has 0 bridgehead atoms. The van der Waals surface area contributed by atoms with Gasteiger partial charge >= 0.3 is 0 Å². The Hall–Kier alpha value is -2.44. The van der Waals surface area contributed by atoms with Crippen molar-refractivity contribution >= 4 is 20.9 Å². The second-order valence-electron chi connectivity index (χ2n) is 6.60. The Morgan fingerprint density at radius 2 is 2.04 bits per heavy atom. The number of hydrogen-bond donors (Lipinski definition) is 1. The molecule has 4 rings (SSSR count). The summed E-state index contributed by atoms with van der Waals surface area (Å²) in [7, 11) is -3.65. The summed E-state index contributed by atoms with van der Waals surface area (Å²) >= 11 is 0. The van der Waals surface area contributed by atoms with Gasteiger partial charge < -0.3 is 4.74 Å². The molecule has 134 valence electrons. The van der Waals surface area contributed by atoms with Crippen LogP contribution in [0.3, 0.4) is 0 Å². The highest BCUT2D eigenvalue weighted by Crippen LogP contribution is 2.26. The van der Waals surface area contributed by atoms with E-state index in [1.807, 2.05) is 31.2 Å². The Morgan fingerprint density at radius 3 is 2.92 bits per heavy atom. The minimum atomic E-state index is -3.65. The second kappa shape index (κ2) is 6.70. The molecule has 1 atom stereocenters. The van der Waals surface area contributed by atoms with E-state index in [0.29, 0.717) is 11.9 Å². The third-order valence-electron chi connectivity index (χ3n) is 4.54. The van der Waals surface area contributed by atoms with E-state index in [4.69, 9.17) is 4.74 Å². The van der Waals surface area contributed by atoms with Gasteiger partial charge in [0.15, 0.2) is 0 Å². The fourth-order valence-corrected chi connectivity index (χ4v) is 4.81. The van der Waals surface area contributed by atoms with Crippen molar-refractivity contribution in [2.24, 2.45) is 0 Å². The molecule has 1 aromatic heterocycles. The van der Waals surface area contributed by atoms with Crippen molar-refractivity contribution in [1.29, 1.82) is 0 Å². The molecule has 3 aromatic rings. The van der Waals surface area contributed by atoms with Crippen molar-refractivity contribution in [3.05, 3.63) is 65.9 Å². The number of ether oxygens (including phenoxy) is 1. The van der Waals surface area contributed by atoms with Crippen molar-refractivity contribution < 1.29 is 13.2 Å². The number of nitrogens with zero attached hydrogens (tertiary/aromatic N) is 1. The number of nitrogens with one attached hydrogen (secondary N) is 1. The number of hydrogen-bond acceptors (Lipinski definition) is 4. The molecule has 0 aliphatic carbocycles. The maximum absolute atomic E-state index is 12.9. The largest absolute Gasteiger partial charge is 0.493 e. The third-order valence-corrected chi connectivity index (χ3v) is 6.16. The SMILES string of the molecule is CC(Cc1ccc2c(c1)CCO2)NS(=O)(=O)c1cccc2cccnc12. The second-order valence-corrected chi connectivity index (χ2v) is 8.28. The number of aromatic nitrogens is 1. The Bertz CT molecular complexity index is 1060. The van der Waals surface area contributed by atoms with Gasteiger partial charge in [0.1, 0.15) is 10.6 Å². The summed E-state index contributed by atoms with van der Waals surface area (Å²) in [6, 6.07) is 14.7. The first-order valence-electron chi connectivity index (χ1n) is 8.63. The number of fused-ring (bicyclic) bond motifs is 2. The number of sulfonamides is 1. The maximum Gasteiger partial charge on any atom is 0.242 e. The lowest BCUT2D eigenvalue weighted by molar-refractivity contribution is 0.357. The zero-order valence-corrected chi connectivity index (χ0v) is 15.3. The quantitative estimate of drug-likeness (QED) is 0.751. The van der Waals surface area contributed by atoms with Crippen LogP contribution in [0.5, 0.6) is 5.75 Å². The van der Waals surface area contributed by atoms with E-state index in [9.17, 15) is 8.42 Å². The fraction of sp³-hybridized carbons (Fsp3) is 0.250. The smallest absolute Gasteiger partial charge is 0.242 e. The molecular weight excluding hydrogens is 348 g/mol. The van der Waals surface area contributed by atoms with Gasteiger partial charge in [-0.3, -0.25) is 4.98 Å². The first-order chi connectivity index (χ1) is 12.5. The van der Waals surface area contributed by atoms with E-state index in [1.165, 1.54) is 5.56 Å². The highest BCUT2D eigenvalue weighted by molar-refractivity contribution is 7.89. The van der Waals surface area contributed by atoms with Gasteiger partial charge in [0, 0.05) is 24.0 Å². The summed E-state index contributed by atoms with van der Waals surface area (Å²) in [5, 5.41) is 0.807. The summed E-state index contributed by atoms with van der Waals surface area (Å²) in [5.41, 5.74) is 2.78. The Labute approximate surface area is 153 Å². The van der Waals surface area contributed by atoms with Crippen LogP contribution in [0.25, 0.3) is 10.9 Å². The van der Waals surface area contributed by atoms with Gasteiger partial charge in [-0.1, -0.05) is 30.3 Å². The van der Waals surface area contributed by atoms with Gasteiger partial charge in [0.05, 0.1) is 12.1 Å². The molecule has 26 heavy (non-hydrogen) atoms. The molecule has 0 saturated carbocycles. The molecule has 2 heterocycles. The van der Waals surface area contributed by atoms with Crippen LogP contribution in [0.2, 0.25) is 0 Å². The summed E-state index contributed by atoms with van der Waals surface area (Å²) in [4.78, 5) is 4.46. The van der Waals surface area contributed by atoms with Crippen molar-refractivity contribution in [2.75, 3.05) is 6.61 Å². The zero-order valence-electron chi connectivity index (χ0n) is 14.5. The van der Waals surface area contributed by atoms with Crippen molar-refractivity contribution in [2.45, 2.75) is 30.7 Å². The molecule has 0 fully saturated rings. The topological polar surface area (TPSA) is 68.3 Å². The first kappa shape index (κ1) is 17.0. The fourth-order valence-electron chi connectivity index (χ4n) is 3.38. The molecule has 5 nitrogen and oxygen atoms in total.